The summed E-state index contributed by atoms with van der Waals surface area (Å²) in [6.45, 7) is 4.10. The lowest BCUT2D eigenvalue weighted by Crippen LogP contribution is -1.82. The summed E-state index contributed by atoms with van der Waals surface area (Å²) < 4.78 is 0. The molecule has 2 aromatic carbocycles. The molecule has 0 saturated carbocycles. The Kier molecular flexibility index (Phi) is 3.21. The van der Waals surface area contributed by atoms with Gasteiger partial charge in [0.15, 0.2) is 0 Å². The van der Waals surface area contributed by atoms with Crippen molar-refractivity contribution < 1.29 is 0 Å². The van der Waals surface area contributed by atoms with Crippen molar-refractivity contribution in [2.24, 2.45) is 0 Å². The second-order valence-electron chi connectivity index (χ2n) is 3.79. The molecule has 0 aliphatic heterocycles. The number of allylic oxidation sites excluding steroid dienone is 2. The fraction of sp³-hybridized carbons (Fsp3) is 0.125. The number of rotatable bonds is 2. The molecule has 0 aliphatic rings. The lowest BCUT2D eigenvalue weighted by Gasteiger charge is -2.05. The van der Waals surface area contributed by atoms with Crippen LogP contribution in [-0.4, -0.2) is 0 Å². The highest BCUT2D eigenvalue weighted by atomic mass is 14.0. The molecule has 0 amide bonds. The average molecular weight is 208 g/mol. The lowest BCUT2D eigenvalue weighted by atomic mass is 9.99. The van der Waals surface area contributed by atoms with Crippen molar-refractivity contribution in [3.05, 3.63) is 59.7 Å². The third-order valence-corrected chi connectivity index (χ3v) is 2.68. The molecular formula is C16H16. The van der Waals surface area contributed by atoms with Crippen LogP contribution in [0, 0.1) is 0 Å². The van der Waals surface area contributed by atoms with Gasteiger partial charge in [-0.2, -0.15) is 0 Å². The molecule has 0 saturated heterocycles. The van der Waals surface area contributed by atoms with Crippen molar-refractivity contribution >= 4 is 22.9 Å². The molecule has 80 valence electrons. The van der Waals surface area contributed by atoms with Crippen LogP contribution in [0.15, 0.2) is 48.6 Å². The van der Waals surface area contributed by atoms with Crippen LogP contribution in [0.4, 0.5) is 0 Å². The summed E-state index contributed by atoms with van der Waals surface area (Å²) in [4.78, 5) is 0. The third-order valence-electron chi connectivity index (χ3n) is 2.68. The molecule has 0 unspecified atom stereocenters. The van der Waals surface area contributed by atoms with E-state index < -0.39 is 0 Å². The molecule has 0 atom stereocenters. The summed E-state index contributed by atoms with van der Waals surface area (Å²) in [6.07, 6.45) is 8.47. The summed E-state index contributed by atoms with van der Waals surface area (Å²) in [5.74, 6) is 0. The summed E-state index contributed by atoms with van der Waals surface area (Å²) in [6, 6.07) is 12.9. The smallest absolute Gasteiger partial charge is 0.0106 e. The molecule has 0 heteroatoms. The number of hydrogen-bond acceptors (Lipinski definition) is 0. The van der Waals surface area contributed by atoms with E-state index in [0.717, 1.165) is 0 Å². The van der Waals surface area contributed by atoms with Crippen LogP contribution in [0.2, 0.25) is 0 Å². The Labute approximate surface area is 96.9 Å². The monoisotopic (exact) mass is 208 g/mol. The van der Waals surface area contributed by atoms with Gasteiger partial charge in [-0.05, 0) is 35.7 Å². The van der Waals surface area contributed by atoms with Gasteiger partial charge in [-0.15, -0.1) is 0 Å². The van der Waals surface area contributed by atoms with Crippen LogP contribution >= 0.6 is 0 Å². The first-order valence-electron chi connectivity index (χ1n) is 5.64. The molecule has 0 aromatic heterocycles. The van der Waals surface area contributed by atoms with E-state index in [1.165, 1.54) is 21.9 Å². The molecule has 16 heavy (non-hydrogen) atoms. The van der Waals surface area contributed by atoms with Gasteiger partial charge in [0, 0.05) is 0 Å². The van der Waals surface area contributed by atoms with E-state index in [4.69, 9.17) is 0 Å². The summed E-state index contributed by atoms with van der Waals surface area (Å²) >= 11 is 0. The fourth-order valence-electron chi connectivity index (χ4n) is 2.00. The zero-order chi connectivity index (χ0) is 11.4. The molecule has 0 radical (unpaired) electrons. The lowest BCUT2D eigenvalue weighted by molar-refractivity contribution is 1.66. The van der Waals surface area contributed by atoms with Crippen LogP contribution in [0.5, 0.6) is 0 Å². The largest absolute Gasteiger partial charge is 0.0870 e. The maximum absolute atomic E-state index is 2.18. The first kappa shape index (κ1) is 10.7. The molecule has 2 aromatic rings. The van der Waals surface area contributed by atoms with E-state index in [9.17, 15) is 0 Å². The average Bonchev–Trinajstić information content (AvgIpc) is 2.33. The van der Waals surface area contributed by atoms with Crippen LogP contribution in [0.1, 0.15) is 25.0 Å². The Morgan fingerprint density at radius 3 is 1.50 bits per heavy atom. The van der Waals surface area contributed by atoms with Gasteiger partial charge >= 0.3 is 0 Å². The molecule has 2 rings (SSSR count). The predicted octanol–water partition coefficient (Wildman–Crippen LogP) is 4.91. The van der Waals surface area contributed by atoms with Crippen molar-refractivity contribution in [2.75, 3.05) is 0 Å². The van der Waals surface area contributed by atoms with E-state index in [2.05, 4.69) is 74.5 Å². The highest BCUT2D eigenvalue weighted by molar-refractivity contribution is 5.96. The van der Waals surface area contributed by atoms with Crippen molar-refractivity contribution in [2.45, 2.75) is 13.8 Å². The van der Waals surface area contributed by atoms with Gasteiger partial charge in [0.25, 0.3) is 0 Å². The van der Waals surface area contributed by atoms with E-state index >= 15 is 0 Å². The number of benzene rings is 2. The highest BCUT2D eigenvalue weighted by Crippen LogP contribution is 2.24. The van der Waals surface area contributed by atoms with E-state index in [1.54, 1.807) is 0 Å². The highest BCUT2D eigenvalue weighted by Gasteiger charge is 2.00. The van der Waals surface area contributed by atoms with Gasteiger partial charge in [-0.3, -0.25) is 0 Å². The maximum Gasteiger partial charge on any atom is -0.0106 e. The second-order valence-corrected chi connectivity index (χ2v) is 3.79. The minimum Gasteiger partial charge on any atom is -0.0870 e. The molecule has 0 N–H and O–H groups in total. The molecule has 0 aliphatic carbocycles. The van der Waals surface area contributed by atoms with Crippen LogP contribution in [0.25, 0.3) is 22.9 Å². The Morgan fingerprint density at radius 1 is 0.688 bits per heavy atom. The first-order chi connectivity index (χ1) is 7.86. The van der Waals surface area contributed by atoms with Crippen molar-refractivity contribution in [3.8, 4) is 0 Å². The van der Waals surface area contributed by atoms with Gasteiger partial charge in [0.2, 0.25) is 0 Å². The molecular weight excluding hydrogens is 192 g/mol. The van der Waals surface area contributed by atoms with E-state index in [0.29, 0.717) is 0 Å². The maximum atomic E-state index is 2.18. The van der Waals surface area contributed by atoms with Gasteiger partial charge in [-0.1, -0.05) is 60.7 Å². The molecule has 0 nitrogen and oxygen atoms in total. The van der Waals surface area contributed by atoms with Crippen LogP contribution in [-0.2, 0) is 0 Å². The normalized spacial score (nSPS) is 11.9. The van der Waals surface area contributed by atoms with E-state index in [-0.39, 0.29) is 0 Å². The summed E-state index contributed by atoms with van der Waals surface area (Å²) in [5, 5.41) is 2.63. The Morgan fingerprint density at radius 2 is 1.12 bits per heavy atom. The topological polar surface area (TPSA) is 0 Å². The minimum absolute atomic E-state index is 1.28. The zero-order valence-electron chi connectivity index (χ0n) is 9.77. The first-order valence-corrected chi connectivity index (χ1v) is 5.64. The van der Waals surface area contributed by atoms with Gasteiger partial charge in [-0.25, -0.2) is 0 Å². The molecule has 0 heterocycles. The van der Waals surface area contributed by atoms with Crippen LogP contribution < -0.4 is 0 Å². The summed E-state index contributed by atoms with van der Waals surface area (Å²) in [5.41, 5.74) is 2.57. The Hall–Kier alpha value is -1.82. The molecule has 0 bridgehead atoms. The minimum atomic E-state index is 1.28. The third kappa shape index (κ3) is 1.92. The Balaban J connectivity index is 2.76. The van der Waals surface area contributed by atoms with Crippen molar-refractivity contribution in [3.63, 3.8) is 0 Å². The van der Waals surface area contributed by atoms with Gasteiger partial charge in [0.05, 0.1) is 0 Å². The Bertz CT molecular complexity index is 494. The zero-order valence-corrected chi connectivity index (χ0v) is 9.77. The SMILES string of the molecule is CC=Cc1ccc(C=CC)c2ccccc12. The van der Waals surface area contributed by atoms with Crippen molar-refractivity contribution in [1.82, 2.24) is 0 Å². The standard InChI is InChI=1S/C16H16/c1-3-7-13-11-12-14(8-4-2)16-10-6-5-9-15(13)16/h3-12H,1-2H3. The quantitative estimate of drug-likeness (QED) is 0.658. The second kappa shape index (κ2) is 4.80. The predicted molar refractivity (Wildman–Crippen MR) is 73.4 cm³/mol. The van der Waals surface area contributed by atoms with Gasteiger partial charge < -0.3 is 0 Å². The molecule has 0 fully saturated rings. The van der Waals surface area contributed by atoms with E-state index in [1.807, 2.05) is 0 Å². The van der Waals surface area contributed by atoms with Crippen LogP contribution in [0.3, 0.4) is 0 Å². The molecule has 0 spiro atoms. The summed E-state index contributed by atoms with van der Waals surface area (Å²) in [7, 11) is 0. The van der Waals surface area contributed by atoms with Crippen molar-refractivity contribution in [1.29, 1.82) is 0 Å². The number of fused-ring (bicyclic) bond motifs is 1. The fourth-order valence-corrected chi connectivity index (χ4v) is 2.00. The van der Waals surface area contributed by atoms with Gasteiger partial charge in [0.1, 0.15) is 0 Å². The number of hydrogen-bond donors (Lipinski definition) is 0.